The summed E-state index contributed by atoms with van der Waals surface area (Å²) in [6, 6.07) is 11.6. The molecule has 0 nitrogen and oxygen atoms in total. The Balaban J connectivity index is 2.41. The molecular formula is C14H20Si. The maximum absolute atomic E-state index is 2.39. The van der Waals surface area contributed by atoms with Gasteiger partial charge < -0.3 is 0 Å². The largest absolute Gasteiger partial charge is 0.0872 e. The molecule has 1 aromatic rings. The van der Waals surface area contributed by atoms with Gasteiger partial charge in [0.05, 0.1) is 0 Å². The average molecular weight is 216 g/mol. The Labute approximate surface area is 94.4 Å². The molecule has 80 valence electrons. The van der Waals surface area contributed by atoms with Crippen LogP contribution in [0.5, 0.6) is 0 Å². The van der Waals surface area contributed by atoms with Crippen LogP contribution in [0.2, 0.25) is 25.7 Å². The van der Waals surface area contributed by atoms with Gasteiger partial charge in [0, 0.05) is 8.07 Å². The highest BCUT2D eigenvalue weighted by atomic mass is 28.3. The summed E-state index contributed by atoms with van der Waals surface area (Å²) in [5.74, 6) is 0. The van der Waals surface area contributed by atoms with Crippen LogP contribution < -0.4 is 0 Å². The molecule has 1 aromatic carbocycles. The topological polar surface area (TPSA) is 0 Å². The van der Waals surface area contributed by atoms with Gasteiger partial charge >= 0.3 is 0 Å². The number of allylic oxidation sites excluding steroid dienone is 3. The minimum atomic E-state index is -0.907. The van der Waals surface area contributed by atoms with Gasteiger partial charge in [0.1, 0.15) is 0 Å². The maximum Gasteiger partial charge on any atom is 0.0480 e. The summed E-state index contributed by atoms with van der Waals surface area (Å²) in [7, 11) is -0.907. The lowest BCUT2D eigenvalue weighted by molar-refractivity contribution is 1.51. The van der Waals surface area contributed by atoms with Gasteiger partial charge in [-0.25, -0.2) is 0 Å². The van der Waals surface area contributed by atoms with E-state index in [1.54, 1.807) is 0 Å². The molecule has 0 bridgehead atoms. The molecule has 0 saturated carbocycles. The van der Waals surface area contributed by atoms with Crippen molar-refractivity contribution in [3.63, 3.8) is 0 Å². The summed E-state index contributed by atoms with van der Waals surface area (Å²) in [5, 5.41) is 0. The van der Waals surface area contributed by atoms with E-state index in [4.69, 9.17) is 0 Å². The molecule has 0 N–H and O–H groups in total. The van der Waals surface area contributed by atoms with E-state index >= 15 is 0 Å². The van der Waals surface area contributed by atoms with E-state index in [0.717, 1.165) is 0 Å². The molecule has 1 rings (SSSR count). The zero-order valence-electron chi connectivity index (χ0n) is 9.90. The second-order valence-electron chi connectivity index (χ2n) is 4.96. The Morgan fingerprint density at radius 1 is 1.00 bits per heavy atom. The molecule has 0 unspecified atom stereocenters. The molecule has 0 aromatic heterocycles. The Bertz CT molecular complexity index is 328. The summed E-state index contributed by atoms with van der Waals surface area (Å²) in [5.41, 5.74) is 1.26. The van der Waals surface area contributed by atoms with Crippen molar-refractivity contribution in [1.82, 2.24) is 0 Å². The zero-order valence-corrected chi connectivity index (χ0v) is 10.9. The summed E-state index contributed by atoms with van der Waals surface area (Å²) in [6.45, 7) is 7.16. The summed E-state index contributed by atoms with van der Waals surface area (Å²) in [6.07, 6.45) is 8.70. The molecule has 0 spiro atoms. The lowest BCUT2D eigenvalue weighted by Crippen LogP contribution is -2.17. The minimum absolute atomic E-state index is 0.907. The normalized spacial score (nSPS) is 12.7. The maximum atomic E-state index is 2.39. The van der Waals surface area contributed by atoms with Crippen LogP contribution in [0, 0.1) is 0 Å². The number of benzene rings is 1. The Hall–Kier alpha value is -1.08. The lowest BCUT2D eigenvalue weighted by Gasteiger charge is -2.10. The van der Waals surface area contributed by atoms with Crippen molar-refractivity contribution in [3.8, 4) is 0 Å². The second kappa shape index (κ2) is 5.71. The van der Waals surface area contributed by atoms with Crippen molar-refractivity contribution in [1.29, 1.82) is 0 Å². The SMILES string of the molecule is C[Si](C)(C)C/C=C/C=C/c1ccccc1. The lowest BCUT2D eigenvalue weighted by atomic mass is 10.2. The van der Waals surface area contributed by atoms with E-state index < -0.39 is 8.07 Å². The minimum Gasteiger partial charge on any atom is -0.0872 e. The highest BCUT2D eigenvalue weighted by Crippen LogP contribution is 2.08. The number of rotatable bonds is 4. The number of hydrogen-bond acceptors (Lipinski definition) is 0. The van der Waals surface area contributed by atoms with Crippen LogP contribution in [0.1, 0.15) is 5.56 Å². The molecule has 0 atom stereocenters. The molecule has 0 aliphatic carbocycles. The van der Waals surface area contributed by atoms with Gasteiger partial charge in [-0.3, -0.25) is 0 Å². The molecule has 15 heavy (non-hydrogen) atoms. The van der Waals surface area contributed by atoms with Gasteiger partial charge in [-0.15, -0.1) is 0 Å². The summed E-state index contributed by atoms with van der Waals surface area (Å²) < 4.78 is 0. The molecule has 0 saturated heterocycles. The highest BCUT2D eigenvalue weighted by Gasteiger charge is 2.08. The predicted molar refractivity (Wildman–Crippen MR) is 72.8 cm³/mol. The third kappa shape index (κ3) is 6.08. The van der Waals surface area contributed by atoms with Crippen LogP contribution in [-0.4, -0.2) is 8.07 Å². The predicted octanol–water partition coefficient (Wildman–Crippen LogP) is 4.59. The average Bonchev–Trinajstić information content (AvgIpc) is 2.17. The standard InChI is InChI=1S/C14H20Si/c1-15(2,3)13-9-5-8-12-14-10-6-4-7-11-14/h4-12H,13H2,1-3H3/b9-5+,12-8+. The first kappa shape index (κ1) is 12.0. The molecular weight excluding hydrogens is 196 g/mol. The first-order valence-corrected chi connectivity index (χ1v) is 9.17. The highest BCUT2D eigenvalue weighted by molar-refractivity contribution is 6.76. The van der Waals surface area contributed by atoms with Crippen molar-refractivity contribution >= 4 is 14.1 Å². The van der Waals surface area contributed by atoms with Crippen LogP contribution in [0.15, 0.2) is 48.6 Å². The molecule has 0 aliphatic heterocycles. The Morgan fingerprint density at radius 3 is 2.27 bits per heavy atom. The molecule has 1 heteroatoms. The summed E-state index contributed by atoms with van der Waals surface area (Å²) >= 11 is 0. The summed E-state index contributed by atoms with van der Waals surface area (Å²) in [4.78, 5) is 0. The van der Waals surface area contributed by atoms with E-state index in [2.05, 4.69) is 68.2 Å². The molecule has 0 heterocycles. The Morgan fingerprint density at radius 2 is 1.67 bits per heavy atom. The van der Waals surface area contributed by atoms with Crippen molar-refractivity contribution < 1.29 is 0 Å². The quantitative estimate of drug-likeness (QED) is 0.510. The van der Waals surface area contributed by atoms with Gasteiger partial charge in [-0.05, 0) is 11.6 Å². The fourth-order valence-corrected chi connectivity index (χ4v) is 2.07. The van der Waals surface area contributed by atoms with E-state index in [1.807, 2.05) is 6.07 Å². The van der Waals surface area contributed by atoms with Gasteiger partial charge in [-0.1, -0.05) is 74.3 Å². The van der Waals surface area contributed by atoms with Gasteiger partial charge in [0.25, 0.3) is 0 Å². The fraction of sp³-hybridized carbons (Fsp3) is 0.286. The van der Waals surface area contributed by atoms with E-state index in [0.29, 0.717) is 0 Å². The van der Waals surface area contributed by atoms with Crippen LogP contribution in [0.3, 0.4) is 0 Å². The van der Waals surface area contributed by atoms with Crippen molar-refractivity contribution in [3.05, 3.63) is 54.1 Å². The van der Waals surface area contributed by atoms with Crippen molar-refractivity contribution in [2.75, 3.05) is 0 Å². The first-order valence-electron chi connectivity index (χ1n) is 5.46. The third-order valence-electron chi connectivity index (χ3n) is 2.07. The monoisotopic (exact) mass is 216 g/mol. The van der Waals surface area contributed by atoms with E-state index in [9.17, 15) is 0 Å². The van der Waals surface area contributed by atoms with Crippen LogP contribution in [0.25, 0.3) is 6.08 Å². The van der Waals surface area contributed by atoms with Crippen molar-refractivity contribution in [2.45, 2.75) is 25.7 Å². The molecule has 0 radical (unpaired) electrons. The van der Waals surface area contributed by atoms with Crippen LogP contribution >= 0.6 is 0 Å². The van der Waals surface area contributed by atoms with Gasteiger partial charge in [0.15, 0.2) is 0 Å². The smallest absolute Gasteiger partial charge is 0.0480 e. The van der Waals surface area contributed by atoms with Gasteiger partial charge in [0.2, 0.25) is 0 Å². The van der Waals surface area contributed by atoms with Crippen LogP contribution in [-0.2, 0) is 0 Å². The fourth-order valence-electron chi connectivity index (χ4n) is 1.23. The molecule has 0 aliphatic rings. The first-order chi connectivity index (χ1) is 7.08. The van der Waals surface area contributed by atoms with E-state index in [-0.39, 0.29) is 0 Å². The van der Waals surface area contributed by atoms with Crippen molar-refractivity contribution in [2.24, 2.45) is 0 Å². The van der Waals surface area contributed by atoms with Crippen LogP contribution in [0.4, 0.5) is 0 Å². The van der Waals surface area contributed by atoms with Gasteiger partial charge in [-0.2, -0.15) is 0 Å². The second-order valence-corrected chi connectivity index (χ2v) is 10.5. The number of hydrogen-bond donors (Lipinski definition) is 0. The Kier molecular flexibility index (Phi) is 4.57. The van der Waals surface area contributed by atoms with E-state index in [1.165, 1.54) is 11.6 Å². The molecule has 0 fully saturated rings. The molecule has 0 amide bonds. The zero-order chi connectivity index (χ0) is 11.1. The third-order valence-corrected chi connectivity index (χ3v) is 3.53.